The predicted octanol–water partition coefficient (Wildman–Crippen LogP) is 6.51. The predicted molar refractivity (Wildman–Crippen MR) is 129 cm³/mol. The molecule has 0 amide bonds. The number of nitrogens with zero attached hydrogens (tertiary/aromatic N) is 2. The van der Waals surface area contributed by atoms with E-state index >= 15 is 0 Å². The first-order valence-electron chi connectivity index (χ1n) is 11.1. The van der Waals surface area contributed by atoms with Gasteiger partial charge in [0, 0.05) is 12.1 Å². The molecule has 0 aliphatic carbocycles. The molecule has 30 heavy (non-hydrogen) atoms. The molecule has 0 fully saturated rings. The van der Waals surface area contributed by atoms with Gasteiger partial charge in [-0.15, -0.1) is 5.10 Å². The maximum Gasteiger partial charge on any atom is 0.125 e. The van der Waals surface area contributed by atoms with Crippen molar-refractivity contribution < 1.29 is 5.11 Å². The number of benzene rings is 3. The SMILES string of the molecule is CCCCC(CCCC)=N/N=C(\N)CC(O)c1cc2ccccc2c2ccccc12. The number of rotatable bonds is 10. The second kappa shape index (κ2) is 10.9. The molecule has 0 aliphatic heterocycles. The van der Waals surface area contributed by atoms with Crippen LogP contribution < -0.4 is 5.73 Å². The average Bonchev–Trinajstić information content (AvgIpc) is 2.78. The third kappa shape index (κ3) is 5.45. The van der Waals surface area contributed by atoms with E-state index in [1.54, 1.807) is 0 Å². The van der Waals surface area contributed by atoms with Crippen molar-refractivity contribution in [3.8, 4) is 0 Å². The fourth-order valence-corrected chi connectivity index (χ4v) is 3.83. The first kappa shape index (κ1) is 22.0. The van der Waals surface area contributed by atoms with Crippen LogP contribution in [0.5, 0.6) is 0 Å². The summed E-state index contributed by atoms with van der Waals surface area (Å²) in [4.78, 5) is 0. The minimum Gasteiger partial charge on any atom is -0.388 e. The normalized spacial score (nSPS) is 13.0. The minimum atomic E-state index is -0.729. The van der Waals surface area contributed by atoms with Crippen molar-refractivity contribution in [1.82, 2.24) is 0 Å². The number of unbranched alkanes of at least 4 members (excludes halogenated alkanes) is 2. The molecule has 0 bridgehead atoms. The fraction of sp³-hybridized carbons (Fsp3) is 0.385. The lowest BCUT2D eigenvalue weighted by Crippen LogP contribution is -2.16. The van der Waals surface area contributed by atoms with E-state index in [2.05, 4.69) is 54.4 Å². The Balaban J connectivity index is 1.85. The zero-order valence-electron chi connectivity index (χ0n) is 18.1. The smallest absolute Gasteiger partial charge is 0.125 e. The number of fused-ring (bicyclic) bond motifs is 3. The maximum atomic E-state index is 11.0. The van der Waals surface area contributed by atoms with Gasteiger partial charge in [-0.1, -0.05) is 75.2 Å². The molecule has 4 heteroatoms. The van der Waals surface area contributed by atoms with Crippen LogP contribution in [0.25, 0.3) is 21.5 Å². The number of nitrogens with two attached hydrogens (primary N) is 1. The maximum absolute atomic E-state index is 11.0. The third-order valence-electron chi connectivity index (χ3n) is 5.52. The molecule has 3 rings (SSSR count). The summed E-state index contributed by atoms with van der Waals surface area (Å²) in [5, 5.41) is 24.2. The monoisotopic (exact) mass is 403 g/mol. The standard InChI is InChI=1S/C26H33N3O/c1-3-5-12-20(13-6-4-2)28-29-26(27)18-25(30)24-17-19-11-7-8-14-21(19)22-15-9-10-16-23(22)24/h7-11,14-17,25,30H,3-6,12-13,18H2,1-2H3,(H2,27,29). The van der Waals surface area contributed by atoms with E-state index in [4.69, 9.17) is 5.73 Å². The van der Waals surface area contributed by atoms with Gasteiger partial charge in [0.05, 0.1) is 6.10 Å². The summed E-state index contributed by atoms with van der Waals surface area (Å²) in [5.41, 5.74) is 8.14. The zero-order chi connectivity index (χ0) is 21.3. The Morgan fingerprint density at radius 2 is 1.47 bits per heavy atom. The summed E-state index contributed by atoms with van der Waals surface area (Å²) in [6, 6.07) is 18.5. The van der Waals surface area contributed by atoms with Gasteiger partial charge in [0.2, 0.25) is 0 Å². The van der Waals surface area contributed by atoms with Gasteiger partial charge in [-0.3, -0.25) is 0 Å². The molecule has 3 aromatic rings. The highest BCUT2D eigenvalue weighted by atomic mass is 16.3. The molecular weight excluding hydrogens is 370 g/mol. The zero-order valence-corrected chi connectivity index (χ0v) is 18.1. The quantitative estimate of drug-likeness (QED) is 0.175. The molecule has 1 atom stereocenters. The highest BCUT2D eigenvalue weighted by Crippen LogP contribution is 2.33. The van der Waals surface area contributed by atoms with Crippen LogP contribution in [0.1, 0.15) is 70.5 Å². The van der Waals surface area contributed by atoms with Gasteiger partial charge in [-0.2, -0.15) is 5.10 Å². The number of aliphatic hydroxyl groups excluding tert-OH is 1. The summed E-state index contributed by atoms with van der Waals surface area (Å²) >= 11 is 0. The lowest BCUT2D eigenvalue weighted by atomic mass is 9.93. The third-order valence-corrected chi connectivity index (χ3v) is 5.52. The van der Waals surface area contributed by atoms with Gasteiger partial charge in [0.25, 0.3) is 0 Å². The number of hydrogen-bond donors (Lipinski definition) is 2. The van der Waals surface area contributed by atoms with E-state index in [0.29, 0.717) is 5.84 Å². The van der Waals surface area contributed by atoms with Crippen molar-refractivity contribution in [3.05, 3.63) is 60.2 Å². The van der Waals surface area contributed by atoms with Gasteiger partial charge in [-0.25, -0.2) is 0 Å². The van der Waals surface area contributed by atoms with Gasteiger partial charge < -0.3 is 10.8 Å². The van der Waals surface area contributed by atoms with Crippen molar-refractivity contribution in [2.75, 3.05) is 0 Å². The van der Waals surface area contributed by atoms with Crippen LogP contribution in [0, 0.1) is 0 Å². The van der Waals surface area contributed by atoms with Crippen LogP contribution >= 0.6 is 0 Å². The largest absolute Gasteiger partial charge is 0.388 e. The summed E-state index contributed by atoms with van der Waals surface area (Å²) in [6.07, 6.45) is 5.97. The fourth-order valence-electron chi connectivity index (χ4n) is 3.83. The Labute approximate surface area is 179 Å². The summed E-state index contributed by atoms with van der Waals surface area (Å²) < 4.78 is 0. The van der Waals surface area contributed by atoms with E-state index in [1.165, 1.54) is 5.39 Å². The molecular formula is C26H33N3O. The molecule has 3 N–H and O–H groups in total. The van der Waals surface area contributed by atoms with E-state index in [-0.39, 0.29) is 6.42 Å². The average molecular weight is 404 g/mol. The van der Waals surface area contributed by atoms with Crippen LogP contribution in [-0.4, -0.2) is 16.7 Å². The van der Waals surface area contributed by atoms with E-state index < -0.39 is 6.10 Å². The highest BCUT2D eigenvalue weighted by Gasteiger charge is 2.15. The van der Waals surface area contributed by atoms with Crippen LogP contribution in [0.3, 0.4) is 0 Å². The van der Waals surface area contributed by atoms with Crippen molar-refractivity contribution in [2.24, 2.45) is 15.9 Å². The van der Waals surface area contributed by atoms with Crippen LogP contribution in [0.2, 0.25) is 0 Å². The second-order valence-corrected chi connectivity index (χ2v) is 7.92. The second-order valence-electron chi connectivity index (χ2n) is 7.92. The Kier molecular flexibility index (Phi) is 7.97. The highest BCUT2D eigenvalue weighted by molar-refractivity contribution is 6.09. The molecule has 0 radical (unpaired) electrons. The van der Waals surface area contributed by atoms with Crippen molar-refractivity contribution in [1.29, 1.82) is 0 Å². The molecule has 0 saturated carbocycles. The van der Waals surface area contributed by atoms with Gasteiger partial charge in [0.15, 0.2) is 0 Å². The van der Waals surface area contributed by atoms with Gasteiger partial charge in [-0.05, 0) is 58.9 Å². The van der Waals surface area contributed by atoms with E-state index in [1.807, 2.05) is 24.3 Å². The van der Waals surface area contributed by atoms with E-state index in [9.17, 15) is 5.11 Å². The molecule has 3 aromatic carbocycles. The molecule has 4 nitrogen and oxygen atoms in total. The number of hydrogen-bond acceptors (Lipinski definition) is 3. The first-order valence-corrected chi connectivity index (χ1v) is 11.1. The lowest BCUT2D eigenvalue weighted by molar-refractivity contribution is 0.187. The van der Waals surface area contributed by atoms with E-state index in [0.717, 1.165) is 66.0 Å². The number of amidine groups is 1. The van der Waals surface area contributed by atoms with Crippen LogP contribution in [-0.2, 0) is 0 Å². The molecule has 0 heterocycles. The Hall–Kier alpha value is -2.72. The van der Waals surface area contributed by atoms with Crippen molar-refractivity contribution in [2.45, 2.75) is 64.9 Å². The topological polar surface area (TPSA) is 71.0 Å². The van der Waals surface area contributed by atoms with Crippen molar-refractivity contribution in [3.63, 3.8) is 0 Å². The summed E-state index contributed by atoms with van der Waals surface area (Å²) in [5.74, 6) is 0.366. The molecule has 0 aromatic heterocycles. The van der Waals surface area contributed by atoms with Crippen molar-refractivity contribution >= 4 is 33.1 Å². The summed E-state index contributed by atoms with van der Waals surface area (Å²) in [7, 11) is 0. The Bertz CT molecular complexity index is 1030. The molecule has 0 aliphatic rings. The van der Waals surface area contributed by atoms with Gasteiger partial charge in [0.1, 0.15) is 5.84 Å². The first-order chi connectivity index (χ1) is 14.6. The number of aliphatic hydroxyl groups is 1. The molecule has 158 valence electrons. The Morgan fingerprint density at radius 1 is 0.867 bits per heavy atom. The molecule has 0 saturated heterocycles. The van der Waals surface area contributed by atoms with Gasteiger partial charge >= 0.3 is 0 Å². The summed E-state index contributed by atoms with van der Waals surface area (Å²) in [6.45, 7) is 4.36. The molecule has 0 spiro atoms. The Morgan fingerprint density at radius 3 is 2.13 bits per heavy atom. The molecule has 1 unspecified atom stereocenters. The minimum absolute atomic E-state index is 0.265. The lowest BCUT2D eigenvalue weighted by Gasteiger charge is -2.15. The van der Waals surface area contributed by atoms with Crippen LogP contribution in [0.4, 0.5) is 0 Å². The van der Waals surface area contributed by atoms with Crippen LogP contribution in [0.15, 0.2) is 64.8 Å².